The van der Waals surface area contributed by atoms with Crippen LogP contribution in [0.4, 0.5) is 0 Å². The summed E-state index contributed by atoms with van der Waals surface area (Å²) in [5, 5.41) is 13.9. The van der Waals surface area contributed by atoms with E-state index < -0.39 is 0 Å². The highest BCUT2D eigenvalue weighted by Crippen LogP contribution is 2.45. The second kappa shape index (κ2) is 13.2. The number of hydrogen-bond acceptors (Lipinski definition) is 5. The molecular formula is C57H32N4OS. The van der Waals surface area contributed by atoms with Gasteiger partial charge >= 0.3 is 0 Å². The molecule has 4 heterocycles. The van der Waals surface area contributed by atoms with Gasteiger partial charge in [0, 0.05) is 52.8 Å². The Labute approximate surface area is 363 Å². The topological polar surface area (TPSA) is 56.7 Å². The lowest BCUT2D eigenvalue weighted by Gasteiger charge is -2.14. The van der Waals surface area contributed by atoms with Crippen LogP contribution in [-0.2, 0) is 0 Å². The van der Waals surface area contributed by atoms with Crippen LogP contribution in [0.5, 0.6) is 0 Å². The van der Waals surface area contributed by atoms with E-state index in [1.165, 1.54) is 52.5 Å². The third-order valence-corrected chi connectivity index (χ3v) is 13.9. The zero-order valence-electron chi connectivity index (χ0n) is 33.6. The molecule has 6 heteroatoms. The highest BCUT2D eigenvalue weighted by molar-refractivity contribution is 7.25. The summed E-state index contributed by atoms with van der Waals surface area (Å²) in [5.74, 6) is 1.77. The number of thiophene rings is 1. The zero-order chi connectivity index (χ0) is 41.2. The predicted octanol–water partition coefficient (Wildman–Crippen LogP) is 15.7. The molecule has 0 saturated carbocycles. The first-order valence-corrected chi connectivity index (χ1v) is 22.0. The number of nitrogens with zero attached hydrogens (tertiary/aromatic N) is 4. The molecule has 10 aromatic carbocycles. The van der Waals surface area contributed by atoms with Crippen LogP contribution in [0, 0.1) is 0 Å². The molecule has 0 N–H and O–H groups in total. The molecule has 0 amide bonds. The van der Waals surface area contributed by atoms with E-state index in [9.17, 15) is 0 Å². The Morgan fingerprint density at radius 1 is 0.397 bits per heavy atom. The smallest absolute Gasteiger partial charge is 0.167 e. The first kappa shape index (κ1) is 34.5. The quantitative estimate of drug-likeness (QED) is 0.177. The Balaban J connectivity index is 1.07. The average molecular weight is 821 g/mol. The van der Waals surface area contributed by atoms with E-state index in [1.807, 2.05) is 6.07 Å². The lowest BCUT2D eigenvalue weighted by molar-refractivity contribution is 0.669. The third kappa shape index (κ3) is 5.13. The summed E-state index contributed by atoms with van der Waals surface area (Å²) in [6, 6.07) is 69.1. The number of benzene rings is 10. The van der Waals surface area contributed by atoms with E-state index in [0.717, 1.165) is 66.1 Å². The van der Waals surface area contributed by atoms with Gasteiger partial charge in [-0.15, -0.1) is 11.3 Å². The van der Waals surface area contributed by atoms with Gasteiger partial charge in [-0.3, -0.25) is 0 Å². The first-order chi connectivity index (χ1) is 31.2. The van der Waals surface area contributed by atoms with Gasteiger partial charge in [0.2, 0.25) is 0 Å². The summed E-state index contributed by atoms with van der Waals surface area (Å²) in [5.41, 5.74) is 7.54. The van der Waals surface area contributed by atoms with Gasteiger partial charge in [-0.1, -0.05) is 152 Å². The van der Waals surface area contributed by atoms with E-state index in [2.05, 4.69) is 193 Å². The van der Waals surface area contributed by atoms with Crippen LogP contribution in [0.25, 0.3) is 136 Å². The molecule has 0 aliphatic heterocycles. The monoisotopic (exact) mass is 820 g/mol. The van der Waals surface area contributed by atoms with Crippen LogP contribution < -0.4 is 0 Å². The van der Waals surface area contributed by atoms with Crippen LogP contribution in [0.15, 0.2) is 199 Å². The number of aromatic nitrogens is 4. The molecule has 4 aromatic heterocycles. The molecule has 0 atom stereocenters. The van der Waals surface area contributed by atoms with Crippen molar-refractivity contribution in [3.05, 3.63) is 194 Å². The van der Waals surface area contributed by atoms with Crippen molar-refractivity contribution in [2.75, 3.05) is 0 Å². The minimum Gasteiger partial charge on any atom is -0.455 e. The number of fused-ring (bicyclic) bond motifs is 13. The van der Waals surface area contributed by atoms with E-state index in [1.54, 1.807) is 11.3 Å². The lowest BCUT2D eigenvalue weighted by Crippen LogP contribution is -2.02. The van der Waals surface area contributed by atoms with Crippen LogP contribution >= 0.6 is 11.3 Å². The van der Waals surface area contributed by atoms with E-state index in [0.29, 0.717) is 17.5 Å². The summed E-state index contributed by atoms with van der Waals surface area (Å²) in [7, 11) is 0. The van der Waals surface area contributed by atoms with Gasteiger partial charge in [0.25, 0.3) is 0 Å². The number of rotatable bonds is 4. The number of para-hydroxylation sites is 1. The fourth-order valence-corrected chi connectivity index (χ4v) is 11.1. The van der Waals surface area contributed by atoms with Gasteiger partial charge in [0.05, 0.1) is 27.7 Å². The number of furan rings is 1. The van der Waals surface area contributed by atoms with Gasteiger partial charge in [-0.2, -0.15) is 0 Å². The summed E-state index contributed by atoms with van der Waals surface area (Å²) in [6.07, 6.45) is 0. The molecule has 0 fully saturated rings. The molecule has 63 heavy (non-hydrogen) atoms. The SMILES string of the molecule is c1ccc2cc3c(cc2c1)c1ccc2ccccc2c1n3-c1ccc(-c2nc(-c3ccc4c(c3)sc3ccccc34)nc(-c3cccc4ccccc34)n2)c2oc3ccccc3c12. The van der Waals surface area contributed by atoms with Gasteiger partial charge in [0.15, 0.2) is 17.5 Å². The zero-order valence-corrected chi connectivity index (χ0v) is 34.4. The van der Waals surface area contributed by atoms with Crippen molar-refractivity contribution in [3.8, 4) is 39.9 Å². The van der Waals surface area contributed by atoms with E-state index in [-0.39, 0.29) is 0 Å². The minimum absolute atomic E-state index is 0.550. The summed E-state index contributed by atoms with van der Waals surface area (Å²) in [4.78, 5) is 16.0. The predicted molar refractivity (Wildman–Crippen MR) is 263 cm³/mol. The highest BCUT2D eigenvalue weighted by atomic mass is 32.1. The lowest BCUT2D eigenvalue weighted by atomic mass is 10.0. The molecule has 5 nitrogen and oxygen atoms in total. The van der Waals surface area contributed by atoms with Crippen molar-refractivity contribution >= 4 is 108 Å². The maximum Gasteiger partial charge on any atom is 0.167 e. The van der Waals surface area contributed by atoms with Gasteiger partial charge < -0.3 is 8.98 Å². The maximum absolute atomic E-state index is 7.00. The third-order valence-electron chi connectivity index (χ3n) is 12.8. The molecule has 14 rings (SSSR count). The second-order valence-electron chi connectivity index (χ2n) is 16.3. The normalized spacial score (nSPS) is 12.1. The molecule has 0 bridgehead atoms. The van der Waals surface area contributed by atoms with Crippen LogP contribution in [0.3, 0.4) is 0 Å². The molecule has 14 aromatic rings. The Morgan fingerprint density at radius 2 is 1.03 bits per heavy atom. The van der Waals surface area contributed by atoms with Gasteiger partial charge in [0.1, 0.15) is 11.2 Å². The Bertz CT molecular complexity index is 4230. The molecular weight excluding hydrogens is 789 g/mol. The van der Waals surface area contributed by atoms with Crippen molar-refractivity contribution in [3.63, 3.8) is 0 Å². The van der Waals surface area contributed by atoms with Crippen molar-refractivity contribution in [2.24, 2.45) is 0 Å². The highest BCUT2D eigenvalue weighted by Gasteiger charge is 2.24. The summed E-state index contributed by atoms with van der Waals surface area (Å²) < 4.78 is 11.9. The molecule has 0 saturated heterocycles. The van der Waals surface area contributed by atoms with Crippen molar-refractivity contribution in [2.45, 2.75) is 0 Å². The first-order valence-electron chi connectivity index (χ1n) is 21.2. The fraction of sp³-hybridized carbons (Fsp3) is 0. The molecule has 292 valence electrons. The standard InChI is InChI=1S/C57H32N4OS/c1-2-15-36-31-48-46(30-35(36)14-1)42-27-24-34-13-4-6-18-39(34)53(42)61(48)47-29-28-45(54-52(47)44-20-7-9-22-49(44)62-54)57-59-55(37-25-26-41-40-19-8-10-23-50(40)63-51(41)32-37)58-56(60-57)43-21-11-16-33-12-3-5-17-38(33)43/h1-32H. The molecule has 0 aliphatic carbocycles. The minimum atomic E-state index is 0.550. The molecule has 0 radical (unpaired) electrons. The Kier molecular flexibility index (Phi) is 7.21. The number of hydrogen-bond donors (Lipinski definition) is 0. The van der Waals surface area contributed by atoms with E-state index in [4.69, 9.17) is 19.4 Å². The van der Waals surface area contributed by atoms with Crippen molar-refractivity contribution < 1.29 is 4.42 Å². The average Bonchev–Trinajstić information content (AvgIpc) is 4.02. The van der Waals surface area contributed by atoms with Gasteiger partial charge in [-0.25, -0.2) is 15.0 Å². The van der Waals surface area contributed by atoms with E-state index >= 15 is 0 Å². The van der Waals surface area contributed by atoms with Crippen LogP contribution in [0.1, 0.15) is 0 Å². The van der Waals surface area contributed by atoms with Crippen molar-refractivity contribution in [1.29, 1.82) is 0 Å². The van der Waals surface area contributed by atoms with Crippen LogP contribution in [0.2, 0.25) is 0 Å². The molecule has 0 unspecified atom stereocenters. The van der Waals surface area contributed by atoms with Gasteiger partial charge in [-0.05, 0) is 69.4 Å². The molecule has 0 spiro atoms. The van der Waals surface area contributed by atoms with Crippen LogP contribution in [-0.4, -0.2) is 19.5 Å². The summed E-state index contributed by atoms with van der Waals surface area (Å²) >= 11 is 1.79. The fourth-order valence-electron chi connectivity index (χ4n) is 9.92. The Morgan fingerprint density at radius 3 is 1.89 bits per heavy atom. The largest absolute Gasteiger partial charge is 0.455 e. The maximum atomic E-state index is 7.00. The second-order valence-corrected chi connectivity index (χ2v) is 17.4. The van der Waals surface area contributed by atoms with Crippen molar-refractivity contribution in [1.82, 2.24) is 19.5 Å². The summed E-state index contributed by atoms with van der Waals surface area (Å²) in [6.45, 7) is 0. The molecule has 0 aliphatic rings. The Hall–Kier alpha value is -8.19.